The van der Waals surface area contributed by atoms with Gasteiger partial charge < -0.3 is 18.9 Å². The van der Waals surface area contributed by atoms with E-state index in [0.29, 0.717) is 0 Å². The molecule has 5 heteroatoms. The first kappa shape index (κ1) is 23.5. The van der Waals surface area contributed by atoms with E-state index in [2.05, 4.69) is 36.1 Å². The minimum absolute atomic E-state index is 0.000488. The molecule has 2 heterocycles. The van der Waals surface area contributed by atoms with E-state index in [1.54, 1.807) is 0 Å². The van der Waals surface area contributed by atoms with Crippen LogP contribution in [0.25, 0.3) is 0 Å². The zero-order chi connectivity index (χ0) is 20.9. The standard InChI is InChI=1S/C25H41NO4/c1-2-3-4-5-6-8-17-27-23-13-11-22(12-14-23)24-21-26(15-19-28-24)16-20-30-25-10-7-9-18-29-25/h11-14,24-25H,2-10,15-21H2,1H3. The van der Waals surface area contributed by atoms with Gasteiger partial charge in [0.15, 0.2) is 6.29 Å². The van der Waals surface area contributed by atoms with Crippen LogP contribution in [0.15, 0.2) is 24.3 Å². The van der Waals surface area contributed by atoms with Crippen LogP contribution in [0.5, 0.6) is 5.75 Å². The predicted molar refractivity (Wildman–Crippen MR) is 120 cm³/mol. The molecule has 0 bridgehead atoms. The second kappa shape index (κ2) is 14.0. The summed E-state index contributed by atoms with van der Waals surface area (Å²) >= 11 is 0. The smallest absolute Gasteiger partial charge is 0.157 e. The molecule has 2 saturated heterocycles. The Balaban J connectivity index is 1.32. The predicted octanol–water partition coefficient (Wildman–Crippen LogP) is 5.34. The van der Waals surface area contributed by atoms with Crippen molar-refractivity contribution in [3.8, 4) is 5.75 Å². The number of rotatable bonds is 13. The largest absolute Gasteiger partial charge is 0.494 e. The molecule has 30 heavy (non-hydrogen) atoms. The number of benzene rings is 1. The van der Waals surface area contributed by atoms with Crippen molar-refractivity contribution in [3.63, 3.8) is 0 Å². The van der Waals surface area contributed by atoms with Crippen LogP contribution in [0, 0.1) is 0 Å². The van der Waals surface area contributed by atoms with Crippen LogP contribution in [0.1, 0.15) is 76.4 Å². The summed E-state index contributed by atoms with van der Waals surface area (Å²) < 4.78 is 23.5. The first-order valence-corrected chi connectivity index (χ1v) is 12.1. The maximum absolute atomic E-state index is 6.03. The van der Waals surface area contributed by atoms with Gasteiger partial charge >= 0.3 is 0 Å². The van der Waals surface area contributed by atoms with Gasteiger partial charge in [0.2, 0.25) is 0 Å². The van der Waals surface area contributed by atoms with Crippen LogP contribution >= 0.6 is 0 Å². The van der Waals surface area contributed by atoms with Gasteiger partial charge in [0.25, 0.3) is 0 Å². The fraction of sp³-hybridized carbons (Fsp3) is 0.760. The van der Waals surface area contributed by atoms with Crippen LogP contribution in [0.4, 0.5) is 0 Å². The molecule has 2 aliphatic heterocycles. The average Bonchev–Trinajstić information content (AvgIpc) is 2.80. The van der Waals surface area contributed by atoms with Crippen molar-refractivity contribution in [2.75, 3.05) is 46.1 Å². The van der Waals surface area contributed by atoms with Crippen LogP contribution in [-0.4, -0.2) is 57.3 Å². The molecule has 0 saturated carbocycles. The number of hydrogen-bond donors (Lipinski definition) is 0. The maximum atomic E-state index is 6.03. The van der Waals surface area contributed by atoms with E-state index in [-0.39, 0.29) is 12.4 Å². The first-order valence-electron chi connectivity index (χ1n) is 12.1. The summed E-state index contributed by atoms with van der Waals surface area (Å²) in [5.41, 5.74) is 1.23. The lowest BCUT2D eigenvalue weighted by atomic mass is 10.1. The highest BCUT2D eigenvalue weighted by Crippen LogP contribution is 2.24. The molecule has 2 atom stereocenters. The van der Waals surface area contributed by atoms with Gasteiger partial charge in [-0.3, -0.25) is 4.90 Å². The minimum Gasteiger partial charge on any atom is -0.494 e. The molecule has 5 nitrogen and oxygen atoms in total. The quantitative estimate of drug-likeness (QED) is 0.404. The van der Waals surface area contributed by atoms with Gasteiger partial charge in [0, 0.05) is 26.2 Å². The fourth-order valence-corrected chi connectivity index (χ4v) is 4.11. The van der Waals surface area contributed by atoms with Crippen LogP contribution in [-0.2, 0) is 14.2 Å². The zero-order valence-corrected chi connectivity index (χ0v) is 18.9. The molecule has 0 aromatic heterocycles. The summed E-state index contributed by atoms with van der Waals surface area (Å²) in [4.78, 5) is 2.43. The lowest BCUT2D eigenvalue weighted by molar-refractivity contribution is -0.166. The van der Waals surface area contributed by atoms with Gasteiger partial charge in [0.1, 0.15) is 5.75 Å². The van der Waals surface area contributed by atoms with E-state index < -0.39 is 0 Å². The van der Waals surface area contributed by atoms with Crippen molar-refractivity contribution in [1.29, 1.82) is 0 Å². The van der Waals surface area contributed by atoms with Gasteiger partial charge in [-0.2, -0.15) is 0 Å². The Kier molecular flexibility index (Phi) is 11.0. The topological polar surface area (TPSA) is 40.2 Å². The molecule has 1 aromatic rings. The number of morpholine rings is 1. The summed E-state index contributed by atoms with van der Waals surface area (Å²) in [6.45, 7) is 8.19. The Bertz CT molecular complexity index is 559. The second-order valence-electron chi connectivity index (χ2n) is 8.51. The van der Waals surface area contributed by atoms with Crippen LogP contribution in [0.2, 0.25) is 0 Å². The third kappa shape index (κ3) is 8.54. The number of unbranched alkanes of at least 4 members (excludes halogenated alkanes) is 5. The lowest BCUT2D eigenvalue weighted by Gasteiger charge is -2.33. The average molecular weight is 420 g/mol. The van der Waals surface area contributed by atoms with Crippen LogP contribution in [0.3, 0.4) is 0 Å². The molecule has 0 aliphatic carbocycles. The Morgan fingerprint density at radius 3 is 2.57 bits per heavy atom. The molecule has 3 rings (SSSR count). The Labute approximate surface area is 183 Å². The summed E-state index contributed by atoms with van der Waals surface area (Å²) in [7, 11) is 0. The summed E-state index contributed by atoms with van der Waals surface area (Å²) in [5.74, 6) is 0.959. The number of hydrogen-bond acceptors (Lipinski definition) is 5. The second-order valence-corrected chi connectivity index (χ2v) is 8.51. The highest BCUT2D eigenvalue weighted by atomic mass is 16.7. The summed E-state index contributed by atoms with van der Waals surface area (Å²) in [6, 6.07) is 8.46. The lowest BCUT2D eigenvalue weighted by Crippen LogP contribution is -2.40. The third-order valence-corrected chi connectivity index (χ3v) is 6.02. The number of ether oxygens (including phenoxy) is 4. The van der Waals surface area contributed by atoms with Crippen molar-refractivity contribution in [2.24, 2.45) is 0 Å². The van der Waals surface area contributed by atoms with Crippen LogP contribution < -0.4 is 4.74 Å². The molecular formula is C25H41NO4. The van der Waals surface area contributed by atoms with Gasteiger partial charge in [-0.1, -0.05) is 51.2 Å². The van der Waals surface area contributed by atoms with Crippen molar-refractivity contribution in [2.45, 2.75) is 77.1 Å². The van der Waals surface area contributed by atoms with E-state index >= 15 is 0 Å². The normalized spacial score (nSPS) is 22.8. The van der Waals surface area contributed by atoms with Gasteiger partial charge in [-0.15, -0.1) is 0 Å². The third-order valence-electron chi connectivity index (χ3n) is 6.02. The van der Waals surface area contributed by atoms with E-state index in [1.807, 2.05) is 0 Å². The maximum Gasteiger partial charge on any atom is 0.157 e. The van der Waals surface area contributed by atoms with Gasteiger partial charge in [-0.25, -0.2) is 0 Å². The van der Waals surface area contributed by atoms with E-state index in [4.69, 9.17) is 18.9 Å². The van der Waals surface area contributed by atoms with Crippen molar-refractivity contribution < 1.29 is 18.9 Å². The Hall–Kier alpha value is -1.14. The van der Waals surface area contributed by atoms with Crippen molar-refractivity contribution >= 4 is 0 Å². The molecular weight excluding hydrogens is 378 g/mol. The first-order chi connectivity index (χ1) is 14.8. The highest BCUT2D eigenvalue weighted by Gasteiger charge is 2.22. The van der Waals surface area contributed by atoms with E-state index in [9.17, 15) is 0 Å². The molecule has 2 fully saturated rings. The molecule has 2 unspecified atom stereocenters. The molecule has 0 spiro atoms. The molecule has 0 radical (unpaired) electrons. The molecule has 1 aromatic carbocycles. The Morgan fingerprint density at radius 2 is 1.77 bits per heavy atom. The molecule has 170 valence electrons. The zero-order valence-electron chi connectivity index (χ0n) is 18.9. The summed E-state index contributed by atoms with van der Waals surface area (Å²) in [5, 5.41) is 0. The van der Waals surface area contributed by atoms with Crippen molar-refractivity contribution in [1.82, 2.24) is 4.90 Å². The summed E-state index contributed by atoms with van der Waals surface area (Å²) in [6.07, 6.45) is 11.3. The van der Waals surface area contributed by atoms with Gasteiger partial charge in [0.05, 0.1) is 25.9 Å². The monoisotopic (exact) mass is 419 g/mol. The highest BCUT2D eigenvalue weighted by molar-refractivity contribution is 5.29. The SMILES string of the molecule is CCCCCCCCOc1ccc(C2CN(CCOC3CCCCO3)CCO2)cc1. The van der Waals surface area contributed by atoms with E-state index in [0.717, 1.165) is 71.1 Å². The Morgan fingerprint density at radius 1 is 0.933 bits per heavy atom. The number of nitrogens with zero attached hydrogens (tertiary/aromatic N) is 1. The van der Waals surface area contributed by atoms with Gasteiger partial charge in [-0.05, 0) is 43.4 Å². The molecule has 0 N–H and O–H groups in total. The van der Waals surface area contributed by atoms with E-state index in [1.165, 1.54) is 44.1 Å². The molecule has 2 aliphatic rings. The molecule has 0 amide bonds. The fourth-order valence-electron chi connectivity index (χ4n) is 4.11. The minimum atomic E-state index is -0.000488. The van der Waals surface area contributed by atoms with Crippen molar-refractivity contribution in [3.05, 3.63) is 29.8 Å².